The number of nitriles is 1. The number of nitrogens with zero attached hydrogens (tertiary/aromatic N) is 1. The van der Waals surface area contributed by atoms with Gasteiger partial charge in [0.1, 0.15) is 0 Å². The minimum Gasteiger partial charge on any atom is -0.393 e. The highest BCUT2D eigenvalue weighted by atomic mass is 16.3. The van der Waals surface area contributed by atoms with E-state index in [9.17, 15) is 10.4 Å². The van der Waals surface area contributed by atoms with E-state index in [1.54, 1.807) is 0 Å². The first-order chi connectivity index (χ1) is 10.5. The molecule has 4 rings (SSSR count). The molecule has 0 radical (unpaired) electrons. The Morgan fingerprint density at radius 2 is 1.82 bits per heavy atom. The first-order valence-electron chi connectivity index (χ1n) is 9.54. The number of hydrogen-bond donors (Lipinski definition) is 1. The molecule has 22 heavy (non-hydrogen) atoms. The molecule has 0 amide bonds. The first kappa shape index (κ1) is 15.0. The van der Waals surface area contributed by atoms with Gasteiger partial charge in [0, 0.05) is 5.92 Å². The van der Waals surface area contributed by atoms with E-state index in [1.165, 1.54) is 32.1 Å². The van der Waals surface area contributed by atoms with E-state index in [1.807, 2.05) is 0 Å². The van der Waals surface area contributed by atoms with Gasteiger partial charge in [-0.1, -0.05) is 13.8 Å². The zero-order chi connectivity index (χ0) is 15.5. The molecular weight excluding hydrogens is 270 g/mol. The predicted molar refractivity (Wildman–Crippen MR) is 86.8 cm³/mol. The molecule has 2 nitrogen and oxygen atoms in total. The van der Waals surface area contributed by atoms with Gasteiger partial charge in [0.05, 0.1) is 12.2 Å². The van der Waals surface area contributed by atoms with Crippen LogP contribution in [0.2, 0.25) is 0 Å². The van der Waals surface area contributed by atoms with Crippen LogP contribution in [0.1, 0.15) is 71.6 Å². The SMILES string of the molecule is C[C@]12CC[C@H]3[C@@H](CCC4CC(O)CC[C@@]43C)[C@@H]1CC(C#N)C2. The molecule has 0 aromatic rings. The lowest BCUT2D eigenvalue weighted by Crippen LogP contribution is -2.53. The van der Waals surface area contributed by atoms with Gasteiger partial charge >= 0.3 is 0 Å². The van der Waals surface area contributed by atoms with E-state index >= 15 is 0 Å². The van der Waals surface area contributed by atoms with Crippen LogP contribution in [0.3, 0.4) is 0 Å². The normalized spacial score (nSPS) is 57.4. The summed E-state index contributed by atoms with van der Waals surface area (Å²) in [6.07, 6.45) is 10.9. The molecule has 0 spiro atoms. The van der Waals surface area contributed by atoms with E-state index in [2.05, 4.69) is 19.9 Å². The smallest absolute Gasteiger partial charge is 0.0656 e. The summed E-state index contributed by atoms with van der Waals surface area (Å²) in [5, 5.41) is 19.5. The third-order valence-corrected chi connectivity index (χ3v) is 8.59. The molecule has 4 aliphatic carbocycles. The second-order valence-corrected chi connectivity index (χ2v) is 9.54. The van der Waals surface area contributed by atoms with Crippen LogP contribution in [0.15, 0.2) is 0 Å². The van der Waals surface area contributed by atoms with Crippen LogP contribution in [0.25, 0.3) is 0 Å². The zero-order valence-corrected chi connectivity index (χ0v) is 14.2. The van der Waals surface area contributed by atoms with Gasteiger partial charge in [0.25, 0.3) is 0 Å². The van der Waals surface area contributed by atoms with Crippen molar-refractivity contribution >= 4 is 0 Å². The monoisotopic (exact) mass is 301 g/mol. The Bertz CT molecular complexity index is 496. The molecule has 1 N–H and O–H groups in total. The van der Waals surface area contributed by atoms with E-state index in [4.69, 9.17) is 0 Å². The molecule has 4 aliphatic rings. The first-order valence-corrected chi connectivity index (χ1v) is 9.54. The Labute approximate surface area is 135 Å². The summed E-state index contributed by atoms with van der Waals surface area (Å²) in [6, 6.07) is 2.58. The summed E-state index contributed by atoms with van der Waals surface area (Å²) < 4.78 is 0. The van der Waals surface area contributed by atoms with Crippen LogP contribution in [-0.2, 0) is 0 Å². The fourth-order valence-corrected chi connectivity index (χ4v) is 7.39. The third kappa shape index (κ3) is 2.01. The van der Waals surface area contributed by atoms with Crippen LogP contribution in [-0.4, -0.2) is 11.2 Å². The number of rotatable bonds is 0. The van der Waals surface area contributed by atoms with Crippen molar-refractivity contribution in [3.63, 3.8) is 0 Å². The van der Waals surface area contributed by atoms with Crippen molar-refractivity contribution in [2.24, 2.45) is 40.4 Å². The molecule has 122 valence electrons. The molecule has 2 heteroatoms. The molecule has 4 fully saturated rings. The molecule has 0 bridgehead atoms. The predicted octanol–water partition coefficient (Wildman–Crippen LogP) is 4.53. The Balaban J connectivity index is 1.61. The summed E-state index contributed by atoms with van der Waals surface area (Å²) in [4.78, 5) is 0. The van der Waals surface area contributed by atoms with Crippen LogP contribution in [0, 0.1) is 51.8 Å². The van der Waals surface area contributed by atoms with Gasteiger partial charge in [0.2, 0.25) is 0 Å². The Hall–Kier alpha value is -0.550. The van der Waals surface area contributed by atoms with Crippen LogP contribution < -0.4 is 0 Å². The zero-order valence-electron chi connectivity index (χ0n) is 14.2. The van der Waals surface area contributed by atoms with Gasteiger partial charge in [-0.15, -0.1) is 0 Å². The van der Waals surface area contributed by atoms with Crippen molar-refractivity contribution in [1.82, 2.24) is 0 Å². The van der Waals surface area contributed by atoms with Crippen LogP contribution in [0.5, 0.6) is 0 Å². The summed E-state index contributed by atoms with van der Waals surface area (Å²) in [6.45, 7) is 5.02. The van der Waals surface area contributed by atoms with Crippen molar-refractivity contribution in [1.29, 1.82) is 5.26 Å². The topological polar surface area (TPSA) is 44.0 Å². The average Bonchev–Trinajstić information content (AvgIpc) is 2.85. The Morgan fingerprint density at radius 1 is 1.00 bits per heavy atom. The highest BCUT2D eigenvalue weighted by molar-refractivity contribution is 5.10. The van der Waals surface area contributed by atoms with Gasteiger partial charge in [-0.3, -0.25) is 0 Å². The van der Waals surface area contributed by atoms with Crippen molar-refractivity contribution < 1.29 is 5.11 Å². The lowest BCUT2D eigenvalue weighted by molar-refractivity contribution is -0.120. The van der Waals surface area contributed by atoms with Crippen molar-refractivity contribution in [2.45, 2.75) is 77.7 Å². The molecule has 3 unspecified atom stereocenters. The van der Waals surface area contributed by atoms with Gasteiger partial charge < -0.3 is 5.11 Å². The molecule has 0 aromatic heterocycles. The Kier molecular flexibility index (Phi) is 3.39. The lowest BCUT2D eigenvalue weighted by atomic mass is 9.45. The van der Waals surface area contributed by atoms with Gasteiger partial charge in [-0.05, 0) is 92.3 Å². The molecule has 0 heterocycles. The maximum absolute atomic E-state index is 10.1. The van der Waals surface area contributed by atoms with E-state index < -0.39 is 0 Å². The molecule has 0 aromatic carbocycles. The van der Waals surface area contributed by atoms with Crippen molar-refractivity contribution in [3.05, 3.63) is 0 Å². The number of hydrogen-bond acceptors (Lipinski definition) is 2. The maximum Gasteiger partial charge on any atom is 0.0656 e. The molecule has 8 atom stereocenters. The molecule has 4 saturated carbocycles. The van der Waals surface area contributed by atoms with Crippen LogP contribution in [0.4, 0.5) is 0 Å². The fraction of sp³-hybridized carbons (Fsp3) is 0.950. The summed E-state index contributed by atoms with van der Waals surface area (Å²) in [5.41, 5.74) is 0.910. The molecule has 0 saturated heterocycles. The standard InChI is InChI=1S/C20H31NO/c1-19-7-6-17-16(18(19)9-13(11-19)12-21)4-3-14-10-15(22)5-8-20(14,17)2/h13-18,22H,3-11H2,1-2H3/t13?,14?,15?,16-,17+,18+,19-,20+/m1/s1. The Morgan fingerprint density at radius 3 is 2.59 bits per heavy atom. The highest BCUT2D eigenvalue weighted by Gasteiger charge is 2.59. The van der Waals surface area contributed by atoms with Gasteiger partial charge in [-0.2, -0.15) is 5.26 Å². The second-order valence-electron chi connectivity index (χ2n) is 9.54. The minimum atomic E-state index is -0.0436. The van der Waals surface area contributed by atoms with E-state index in [0.29, 0.717) is 16.7 Å². The van der Waals surface area contributed by atoms with Crippen LogP contribution >= 0.6 is 0 Å². The van der Waals surface area contributed by atoms with Gasteiger partial charge in [0.15, 0.2) is 0 Å². The minimum absolute atomic E-state index is 0.0436. The summed E-state index contributed by atoms with van der Waals surface area (Å²) in [5.74, 6) is 3.56. The van der Waals surface area contributed by atoms with Crippen molar-refractivity contribution in [3.8, 4) is 6.07 Å². The van der Waals surface area contributed by atoms with Crippen molar-refractivity contribution in [2.75, 3.05) is 0 Å². The average molecular weight is 301 g/mol. The van der Waals surface area contributed by atoms with E-state index in [-0.39, 0.29) is 6.10 Å². The number of fused-ring (bicyclic) bond motifs is 5. The lowest BCUT2D eigenvalue weighted by Gasteiger charge is -2.60. The van der Waals surface area contributed by atoms with E-state index in [0.717, 1.165) is 49.4 Å². The fourth-order valence-electron chi connectivity index (χ4n) is 7.39. The second kappa shape index (κ2) is 4.97. The molecule has 0 aliphatic heterocycles. The number of aliphatic hydroxyl groups is 1. The maximum atomic E-state index is 10.1. The quantitative estimate of drug-likeness (QED) is 0.714. The summed E-state index contributed by atoms with van der Waals surface area (Å²) >= 11 is 0. The van der Waals surface area contributed by atoms with Gasteiger partial charge in [-0.25, -0.2) is 0 Å². The molecular formula is C20H31NO. The third-order valence-electron chi connectivity index (χ3n) is 8.59. The summed E-state index contributed by atoms with van der Waals surface area (Å²) in [7, 11) is 0. The number of aliphatic hydroxyl groups excluding tert-OH is 1. The largest absolute Gasteiger partial charge is 0.393 e. The highest BCUT2D eigenvalue weighted by Crippen LogP contribution is 2.66.